The Hall–Kier alpha value is -1.45. The van der Waals surface area contributed by atoms with Crippen molar-refractivity contribution in [2.75, 3.05) is 0 Å². The van der Waals surface area contributed by atoms with Crippen LogP contribution in [-0.4, -0.2) is 9.38 Å². The van der Waals surface area contributed by atoms with Crippen LogP contribution in [0.5, 0.6) is 0 Å². The summed E-state index contributed by atoms with van der Waals surface area (Å²) in [5.74, 6) is 0. The highest BCUT2D eigenvalue weighted by molar-refractivity contribution is 5.49. The Balaban J connectivity index is 2.77. The van der Waals surface area contributed by atoms with Gasteiger partial charge in [0.2, 0.25) is 0 Å². The second-order valence-electron chi connectivity index (χ2n) is 2.86. The van der Waals surface area contributed by atoms with Gasteiger partial charge in [-0.05, 0) is 19.1 Å². The van der Waals surface area contributed by atoms with E-state index in [-0.39, 0.29) is 5.56 Å². The van der Waals surface area contributed by atoms with Gasteiger partial charge in [0, 0.05) is 18.1 Å². The third kappa shape index (κ3) is 1.18. The van der Waals surface area contributed by atoms with Crippen molar-refractivity contribution in [1.82, 2.24) is 9.38 Å². The fourth-order valence-electron chi connectivity index (χ4n) is 1.33. The first kappa shape index (κ1) is 8.16. The third-order valence-electron chi connectivity index (χ3n) is 1.99. The van der Waals surface area contributed by atoms with Crippen molar-refractivity contribution in [3.8, 4) is 0 Å². The highest BCUT2D eigenvalue weighted by Gasteiger charge is 2.12. The molecule has 2 aromatic rings. The molecule has 0 N–H and O–H groups in total. The average Bonchev–Trinajstić information content (AvgIpc) is 2.48. The van der Waals surface area contributed by atoms with E-state index in [1.54, 1.807) is 22.9 Å². The zero-order valence-corrected chi connectivity index (χ0v) is 7.04. The first-order valence-corrected chi connectivity index (χ1v) is 3.91. The number of halogens is 2. The van der Waals surface area contributed by atoms with Crippen LogP contribution < -0.4 is 0 Å². The van der Waals surface area contributed by atoms with E-state index in [4.69, 9.17) is 0 Å². The number of alkyl halides is 2. The van der Waals surface area contributed by atoms with Crippen LogP contribution in [0.15, 0.2) is 24.5 Å². The summed E-state index contributed by atoms with van der Waals surface area (Å²) in [6, 6.07) is 3.00. The van der Waals surface area contributed by atoms with Crippen LogP contribution in [0.2, 0.25) is 0 Å². The Labute approximate surface area is 73.8 Å². The molecule has 0 amide bonds. The zero-order valence-electron chi connectivity index (χ0n) is 7.04. The van der Waals surface area contributed by atoms with Gasteiger partial charge in [-0.2, -0.15) is 0 Å². The molecule has 0 spiro atoms. The van der Waals surface area contributed by atoms with Crippen LogP contribution in [0, 0.1) is 6.92 Å². The van der Waals surface area contributed by atoms with E-state index in [0.717, 1.165) is 5.69 Å². The van der Waals surface area contributed by atoms with Gasteiger partial charge in [-0.25, -0.2) is 13.8 Å². The smallest absolute Gasteiger partial charge is 0.267 e. The number of hydrogen-bond acceptors (Lipinski definition) is 1. The van der Waals surface area contributed by atoms with Crippen molar-refractivity contribution in [3.63, 3.8) is 0 Å². The topological polar surface area (TPSA) is 17.3 Å². The van der Waals surface area contributed by atoms with Gasteiger partial charge in [0.1, 0.15) is 5.65 Å². The summed E-state index contributed by atoms with van der Waals surface area (Å²) in [6.07, 6.45) is 0.843. The van der Waals surface area contributed by atoms with Gasteiger partial charge in [-0.1, -0.05) is 0 Å². The number of pyridine rings is 1. The minimum absolute atomic E-state index is 0.0180. The molecule has 0 aromatic carbocycles. The Morgan fingerprint density at radius 1 is 1.46 bits per heavy atom. The van der Waals surface area contributed by atoms with E-state index in [9.17, 15) is 8.78 Å². The molecular weight excluding hydrogens is 174 g/mol. The number of aryl methyl sites for hydroxylation is 1. The molecule has 2 nitrogen and oxygen atoms in total. The molecule has 0 bridgehead atoms. The van der Waals surface area contributed by atoms with Crippen LogP contribution in [0.4, 0.5) is 8.78 Å². The standard InChI is InChI=1S/C9H8F2N2/c1-6-5-12-9-7(8(10)11)3-2-4-13(6)9/h2-5,8H,1H3. The molecule has 2 rings (SSSR count). The lowest BCUT2D eigenvalue weighted by molar-refractivity contribution is 0.152. The molecule has 4 heteroatoms. The van der Waals surface area contributed by atoms with Gasteiger partial charge in [-0.15, -0.1) is 0 Å². The first-order chi connectivity index (χ1) is 6.20. The van der Waals surface area contributed by atoms with E-state index in [0.29, 0.717) is 5.65 Å². The van der Waals surface area contributed by atoms with Crippen molar-refractivity contribution < 1.29 is 8.78 Å². The second kappa shape index (κ2) is 2.80. The van der Waals surface area contributed by atoms with Crippen molar-refractivity contribution >= 4 is 5.65 Å². The monoisotopic (exact) mass is 182 g/mol. The largest absolute Gasteiger partial charge is 0.304 e. The van der Waals surface area contributed by atoms with Gasteiger partial charge in [-0.3, -0.25) is 0 Å². The van der Waals surface area contributed by atoms with E-state index in [1.807, 2.05) is 6.92 Å². The molecule has 0 aliphatic carbocycles. The Kier molecular flexibility index (Phi) is 1.76. The molecule has 0 saturated heterocycles. The van der Waals surface area contributed by atoms with Crippen molar-refractivity contribution in [2.24, 2.45) is 0 Å². The summed E-state index contributed by atoms with van der Waals surface area (Å²) in [4.78, 5) is 3.92. The molecule has 0 unspecified atom stereocenters. The predicted molar refractivity (Wildman–Crippen MR) is 44.9 cm³/mol. The van der Waals surface area contributed by atoms with Crippen LogP contribution in [-0.2, 0) is 0 Å². The van der Waals surface area contributed by atoms with Crippen molar-refractivity contribution in [3.05, 3.63) is 35.8 Å². The summed E-state index contributed by atoms with van der Waals surface area (Å²) in [5, 5.41) is 0. The summed E-state index contributed by atoms with van der Waals surface area (Å²) < 4.78 is 26.6. The van der Waals surface area contributed by atoms with Crippen LogP contribution in [0.3, 0.4) is 0 Å². The lowest BCUT2D eigenvalue weighted by Gasteiger charge is -2.01. The van der Waals surface area contributed by atoms with Gasteiger partial charge in [0.05, 0.1) is 5.56 Å². The number of imidazole rings is 1. The van der Waals surface area contributed by atoms with Crippen LogP contribution in [0.1, 0.15) is 17.7 Å². The molecule has 0 saturated carbocycles. The van der Waals surface area contributed by atoms with E-state index < -0.39 is 6.43 Å². The minimum atomic E-state index is -2.47. The average molecular weight is 182 g/mol. The molecule has 13 heavy (non-hydrogen) atoms. The normalized spacial score (nSPS) is 11.4. The summed E-state index contributed by atoms with van der Waals surface area (Å²) >= 11 is 0. The highest BCUT2D eigenvalue weighted by Crippen LogP contribution is 2.22. The van der Waals surface area contributed by atoms with Gasteiger partial charge < -0.3 is 4.40 Å². The maximum absolute atomic E-state index is 12.5. The van der Waals surface area contributed by atoms with Crippen LogP contribution in [0.25, 0.3) is 5.65 Å². The molecule has 0 fully saturated rings. The molecule has 0 radical (unpaired) electrons. The SMILES string of the molecule is Cc1cnc2c(C(F)F)cccn12. The second-order valence-corrected chi connectivity index (χ2v) is 2.86. The van der Waals surface area contributed by atoms with E-state index in [2.05, 4.69) is 4.98 Å². The van der Waals surface area contributed by atoms with Crippen molar-refractivity contribution in [1.29, 1.82) is 0 Å². The van der Waals surface area contributed by atoms with Gasteiger partial charge in [0.25, 0.3) is 6.43 Å². The molecule has 2 aromatic heterocycles. The number of hydrogen-bond donors (Lipinski definition) is 0. The molecule has 0 aliphatic rings. The van der Waals surface area contributed by atoms with Gasteiger partial charge in [0.15, 0.2) is 0 Å². The third-order valence-corrected chi connectivity index (χ3v) is 1.99. The lowest BCUT2D eigenvalue weighted by atomic mass is 10.3. The summed E-state index contributed by atoms with van der Waals surface area (Å²) in [7, 11) is 0. The summed E-state index contributed by atoms with van der Waals surface area (Å²) in [5.41, 5.74) is 1.18. The lowest BCUT2D eigenvalue weighted by Crippen LogP contribution is -1.93. The zero-order chi connectivity index (χ0) is 9.42. The number of nitrogens with zero attached hydrogens (tertiary/aromatic N) is 2. The van der Waals surface area contributed by atoms with Crippen molar-refractivity contribution in [2.45, 2.75) is 13.3 Å². The molecule has 0 aliphatic heterocycles. The molecule has 0 atom stereocenters. The Morgan fingerprint density at radius 3 is 2.92 bits per heavy atom. The quantitative estimate of drug-likeness (QED) is 0.662. The van der Waals surface area contributed by atoms with Crippen LogP contribution >= 0.6 is 0 Å². The highest BCUT2D eigenvalue weighted by atomic mass is 19.3. The number of rotatable bonds is 1. The fraction of sp³-hybridized carbons (Fsp3) is 0.222. The van der Waals surface area contributed by atoms with E-state index >= 15 is 0 Å². The molecule has 2 heterocycles. The maximum atomic E-state index is 12.5. The number of fused-ring (bicyclic) bond motifs is 1. The minimum Gasteiger partial charge on any atom is -0.304 e. The van der Waals surface area contributed by atoms with E-state index in [1.165, 1.54) is 6.07 Å². The Bertz CT molecular complexity index is 434. The van der Waals surface area contributed by atoms with Gasteiger partial charge >= 0.3 is 0 Å². The Morgan fingerprint density at radius 2 is 2.23 bits per heavy atom. The fourth-order valence-corrected chi connectivity index (χ4v) is 1.33. The first-order valence-electron chi connectivity index (χ1n) is 3.91. The molecular formula is C9H8F2N2. The molecule has 68 valence electrons. The summed E-state index contributed by atoms with van der Waals surface area (Å²) in [6.45, 7) is 1.83. The maximum Gasteiger partial charge on any atom is 0.267 e. The predicted octanol–water partition coefficient (Wildman–Crippen LogP) is 2.58. The number of aromatic nitrogens is 2.